The van der Waals surface area contributed by atoms with E-state index in [-0.39, 0.29) is 11.6 Å². The molecule has 0 unspecified atom stereocenters. The number of alkyl halides is 2. The minimum atomic E-state index is -3.45. The number of nitrogens with one attached hydrogen (secondary N) is 1. The van der Waals surface area contributed by atoms with Gasteiger partial charge in [0.05, 0.1) is 0 Å². The van der Waals surface area contributed by atoms with Gasteiger partial charge in [0.2, 0.25) is 5.95 Å². The number of nitrogens with zero attached hydrogens (tertiary/aromatic N) is 2. The summed E-state index contributed by atoms with van der Waals surface area (Å²) in [6.45, 7) is 0.535. The number of anilines is 2. The Labute approximate surface area is 117 Å². The molecule has 0 bridgehead atoms. The van der Waals surface area contributed by atoms with Crippen LogP contribution in [0.2, 0.25) is 0 Å². The second-order valence-corrected chi connectivity index (χ2v) is 4.28. The van der Waals surface area contributed by atoms with E-state index in [0.29, 0.717) is 6.92 Å². The molecule has 2 rings (SSSR count). The molecule has 1 heterocycles. The standard InChI is InChI=1S/C13H10F3N3O2/c1-13(15,16)10-9(11(20)21)6-17-12(19-10)18-8-4-2-3-7(14)5-8/h2-6H,1H3,(H,20,21)(H,17,18,19). The molecule has 2 aromatic rings. The van der Waals surface area contributed by atoms with Crippen LogP contribution in [0.15, 0.2) is 30.5 Å². The van der Waals surface area contributed by atoms with Crippen LogP contribution >= 0.6 is 0 Å². The molecule has 0 saturated carbocycles. The number of carboxylic acids is 1. The average molecular weight is 297 g/mol. The van der Waals surface area contributed by atoms with Gasteiger partial charge in [-0.25, -0.2) is 19.2 Å². The van der Waals surface area contributed by atoms with Gasteiger partial charge in [0.15, 0.2) is 0 Å². The lowest BCUT2D eigenvalue weighted by Gasteiger charge is -2.14. The first-order valence-electron chi connectivity index (χ1n) is 5.78. The van der Waals surface area contributed by atoms with Gasteiger partial charge in [0.25, 0.3) is 5.92 Å². The van der Waals surface area contributed by atoms with Gasteiger partial charge in [0, 0.05) is 18.8 Å². The van der Waals surface area contributed by atoms with Crippen LogP contribution in [0.1, 0.15) is 23.0 Å². The zero-order valence-electron chi connectivity index (χ0n) is 10.8. The number of aromatic carboxylic acids is 1. The van der Waals surface area contributed by atoms with Crippen molar-refractivity contribution in [1.29, 1.82) is 0 Å². The van der Waals surface area contributed by atoms with Gasteiger partial charge >= 0.3 is 5.97 Å². The number of rotatable bonds is 4. The van der Waals surface area contributed by atoms with Gasteiger partial charge in [-0.15, -0.1) is 0 Å². The summed E-state index contributed by atoms with van der Waals surface area (Å²) in [5, 5.41) is 11.4. The minimum Gasteiger partial charge on any atom is -0.478 e. The molecule has 0 saturated heterocycles. The maximum absolute atomic E-state index is 13.4. The number of benzene rings is 1. The second-order valence-electron chi connectivity index (χ2n) is 4.28. The van der Waals surface area contributed by atoms with Crippen LogP contribution in [0.4, 0.5) is 24.8 Å². The highest BCUT2D eigenvalue weighted by Gasteiger charge is 2.32. The van der Waals surface area contributed by atoms with Crippen molar-refractivity contribution in [2.75, 3.05) is 5.32 Å². The number of carbonyl (C=O) groups is 1. The smallest absolute Gasteiger partial charge is 0.339 e. The molecule has 110 valence electrons. The molecule has 0 spiro atoms. The zero-order valence-corrected chi connectivity index (χ0v) is 10.8. The molecular formula is C13H10F3N3O2. The Morgan fingerprint density at radius 3 is 2.67 bits per heavy atom. The lowest BCUT2D eigenvalue weighted by atomic mass is 10.1. The van der Waals surface area contributed by atoms with E-state index in [1.54, 1.807) is 0 Å². The number of carboxylic acid groups (broad SMARTS) is 1. The van der Waals surface area contributed by atoms with Crippen molar-refractivity contribution in [2.24, 2.45) is 0 Å². The normalized spacial score (nSPS) is 11.2. The third-order valence-corrected chi connectivity index (χ3v) is 2.52. The molecule has 1 aromatic carbocycles. The first-order valence-corrected chi connectivity index (χ1v) is 5.78. The maximum Gasteiger partial charge on any atom is 0.339 e. The first kappa shape index (κ1) is 14.8. The summed E-state index contributed by atoms with van der Waals surface area (Å²) in [6, 6.07) is 5.24. The summed E-state index contributed by atoms with van der Waals surface area (Å²) < 4.78 is 39.9. The van der Waals surface area contributed by atoms with E-state index in [1.807, 2.05) is 0 Å². The van der Waals surface area contributed by atoms with E-state index in [4.69, 9.17) is 5.11 Å². The SMILES string of the molecule is CC(F)(F)c1nc(Nc2cccc(F)c2)ncc1C(=O)O. The largest absolute Gasteiger partial charge is 0.478 e. The number of halogens is 3. The molecule has 8 heteroatoms. The monoisotopic (exact) mass is 297 g/mol. The lowest BCUT2D eigenvalue weighted by molar-refractivity contribution is 0.0106. The minimum absolute atomic E-state index is 0.248. The zero-order chi connectivity index (χ0) is 15.6. The molecule has 1 aromatic heterocycles. The topological polar surface area (TPSA) is 75.1 Å². The van der Waals surface area contributed by atoms with E-state index < -0.39 is 29.0 Å². The van der Waals surface area contributed by atoms with Crippen LogP contribution in [0.5, 0.6) is 0 Å². The molecule has 21 heavy (non-hydrogen) atoms. The van der Waals surface area contributed by atoms with E-state index in [9.17, 15) is 18.0 Å². The number of aromatic nitrogens is 2. The van der Waals surface area contributed by atoms with Gasteiger partial charge in [0.1, 0.15) is 17.1 Å². The lowest BCUT2D eigenvalue weighted by Crippen LogP contribution is -2.18. The Balaban J connectivity index is 2.40. The Kier molecular flexibility index (Phi) is 3.79. The van der Waals surface area contributed by atoms with Crippen LogP contribution in [0.25, 0.3) is 0 Å². The molecule has 5 nitrogen and oxygen atoms in total. The van der Waals surface area contributed by atoms with Gasteiger partial charge < -0.3 is 10.4 Å². The van der Waals surface area contributed by atoms with Crippen LogP contribution in [-0.4, -0.2) is 21.0 Å². The van der Waals surface area contributed by atoms with E-state index in [0.717, 1.165) is 12.3 Å². The summed E-state index contributed by atoms with van der Waals surface area (Å²) in [5.74, 6) is -5.77. The molecule has 0 atom stereocenters. The molecule has 0 radical (unpaired) electrons. The summed E-state index contributed by atoms with van der Waals surface area (Å²) in [5.41, 5.74) is -1.35. The van der Waals surface area contributed by atoms with Crippen molar-refractivity contribution in [3.8, 4) is 0 Å². The fourth-order valence-corrected chi connectivity index (χ4v) is 1.63. The van der Waals surface area contributed by atoms with Crippen molar-refractivity contribution in [2.45, 2.75) is 12.8 Å². The highest BCUT2D eigenvalue weighted by atomic mass is 19.3. The average Bonchev–Trinajstić information content (AvgIpc) is 2.37. The van der Waals surface area contributed by atoms with Crippen molar-refractivity contribution in [1.82, 2.24) is 9.97 Å². The molecule has 2 N–H and O–H groups in total. The first-order chi connectivity index (χ1) is 9.77. The van der Waals surface area contributed by atoms with Crippen LogP contribution < -0.4 is 5.32 Å². The summed E-state index contributed by atoms with van der Waals surface area (Å²) in [7, 11) is 0. The summed E-state index contributed by atoms with van der Waals surface area (Å²) in [4.78, 5) is 18.1. The van der Waals surface area contributed by atoms with Gasteiger partial charge in [-0.2, -0.15) is 8.78 Å². The third-order valence-electron chi connectivity index (χ3n) is 2.52. The molecule has 0 aliphatic heterocycles. The highest BCUT2D eigenvalue weighted by molar-refractivity contribution is 5.89. The molecule has 0 aliphatic carbocycles. The van der Waals surface area contributed by atoms with E-state index in [2.05, 4.69) is 15.3 Å². The fourth-order valence-electron chi connectivity index (χ4n) is 1.63. The summed E-state index contributed by atoms with van der Waals surface area (Å²) in [6.07, 6.45) is 0.781. The molecule has 0 fully saturated rings. The van der Waals surface area contributed by atoms with E-state index >= 15 is 0 Å². The van der Waals surface area contributed by atoms with Crippen molar-refractivity contribution >= 4 is 17.6 Å². The predicted molar refractivity (Wildman–Crippen MR) is 68.2 cm³/mol. The Morgan fingerprint density at radius 2 is 2.10 bits per heavy atom. The van der Waals surface area contributed by atoms with Crippen LogP contribution in [-0.2, 0) is 5.92 Å². The Morgan fingerprint density at radius 1 is 1.38 bits per heavy atom. The fraction of sp³-hybridized carbons (Fsp3) is 0.154. The van der Waals surface area contributed by atoms with Gasteiger partial charge in [-0.1, -0.05) is 6.07 Å². The van der Waals surface area contributed by atoms with Gasteiger partial charge in [-0.05, 0) is 18.2 Å². The maximum atomic E-state index is 13.4. The number of hydrogen-bond donors (Lipinski definition) is 2. The van der Waals surface area contributed by atoms with Crippen molar-refractivity contribution in [3.63, 3.8) is 0 Å². The Hall–Kier alpha value is -2.64. The van der Waals surface area contributed by atoms with Crippen LogP contribution in [0.3, 0.4) is 0 Å². The Bertz CT molecular complexity index is 687. The quantitative estimate of drug-likeness (QED) is 0.906. The van der Waals surface area contributed by atoms with Crippen molar-refractivity contribution < 1.29 is 23.1 Å². The second kappa shape index (κ2) is 5.39. The van der Waals surface area contributed by atoms with E-state index in [1.165, 1.54) is 18.2 Å². The predicted octanol–water partition coefficient (Wildman–Crippen LogP) is 3.17. The van der Waals surface area contributed by atoms with Gasteiger partial charge in [-0.3, -0.25) is 0 Å². The molecule has 0 amide bonds. The molecular weight excluding hydrogens is 287 g/mol. The van der Waals surface area contributed by atoms with Crippen LogP contribution in [0, 0.1) is 5.82 Å². The third kappa shape index (κ3) is 3.47. The summed E-state index contributed by atoms with van der Waals surface area (Å²) >= 11 is 0. The highest BCUT2D eigenvalue weighted by Crippen LogP contribution is 2.29. The van der Waals surface area contributed by atoms with Crippen molar-refractivity contribution in [3.05, 3.63) is 47.5 Å². The molecule has 0 aliphatic rings. The number of hydrogen-bond acceptors (Lipinski definition) is 4.